The van der Waals surface area contributed by atoms with Gasteiger partial charge in [0.1, 0.15) is 5.82 Å². The summed E-state index contributed by atoms with van der Waals surface area (Å²) in [5, 5.41) is 6.43. The number of ether oxygens (including phenoxy) is 1. The number of urea groups is 1. The monoisotopic (exact) mass is 503 g/mol. The van der Waals surface area contributed by atoms with Crippen molar-refractivity contribution < 1.29 is 13.9 Å². The van der Waals surface area contributed by atoms with Crippen LogP contribution in [-0.4, -0.2) is 105 Å². The van der Waals surface area contributed by atoms with E-state index < -0.39 is 0 Å². The second kappa shape index (κ2) is 13.7. The minimum Gasteiger partial charge on any atom is -0.379 e. The number of carbonyl (C=O) groups is 1. The molecule has 3 heterocycles. The predicted molar refractivity (Wildman–Crippen MR) is 142 cm³/mol. The number of morpholine rings is 1. The Morgan fingerprint density at radius 1 is 1.06 bits per heavy atom. The summed E-state index contributed by atoms with van der Waals surface area (Å²) in [5.41, 5.74) is 1.22. The zero-order valence-corrected chi connectivity index (χ0v) is 22.3. The standard InChI is InChI=1S/C28H46FN5O2/c1-22(2)34-12-9-25(27(21-34)31-28(35)30-10-13-32-14-16-36-17-15-32)20-33-11-3-4-24(19-33)18-23-5-7-26(29)8-6-23/h5-8,22,24-25,27H,3-4,9-21H2,1-2H3,(H2,30,31,35)/t24-,25-,27-/m0/s1. The van der Waals surface area contributed by atoms with Crippen LogP contribution in [0.1, 0.15) is 38.7 Å². The molecule has 3 aliphatic rings. The largest absolute Gasteiger partial charge is 0.379 e. The van der Waals surface area contributed by atoms with Crippen LogP contribution >= 0.6 is 0 Å². The third kappa shape index (κ3) is 8.40. The fraction of sp³-hybridized carbons (Fsp3) is 0.750. The Kier molecular flexibility index (Phi) is 10.4. The van der Waals surface area contributed by atoms with E-state index >= 15 is 0 Å². The third-order valence-corrected chi connectivity index (χ3v) is 8.18. The van der Waals surface area contributed by atoms with Crippen molar-refractivity contribution in [2.75, 3.05) is 72.1 Å². The molecular weight excluding hydrogens is 457 g/mol. The number of nitrogens with zero attached hydrogens (tertiary/aromatic N) is 3. The van der Waals surface area contributed by atoms with E-state index in [-0.39, 0.29) is 17.9 Å². The van der Waals surface area contributed by atoms with Crippen molar-refractivity contribution in [3.8, 4) is 0 Å². The van der Waals surface area contributed by atoms with Gasteiger partial charge < -0.3 is 20.3 Å². The molecule has 0 aliphatic carbocycles. The Bertz CT molecular complexity index is 802. The zero-order valence-electron chi connectivity index (χ0n) is 22.3. The molecule has 2 amide bonds. The molecule has 202 valence electrons. The van der Waals surface area contributed by atoms with E-state index in [0.717, 1.165) is 78.4 Å². The first-order chi connectivity index (χ1) is 17.5. The summed E-state index contributed by atoms with van der Waals surface area (Å²) < 4.78 is 18.7. The summed E-state index contributed by atoms with van der Waals surface area (Å²) >= 11 is 0. The smallest absolute Gasteiger partial charge is 0.315 e. The number of amides is 2. The van der Waals surface area contributed by atoms with Crippen LogP contribution in [0.3, 0.4) is 0 Å². The first kappa shape index (κ1) is 27.3. The lowest BCUT2D eigenvalue weighted by Crippen LogP contribution is -2.58. The van der Waals surface area contributed by atoms with Crippen LogP contribution in [-0.2, 0) is 11.2 Å². The molecule has 3 fully saturated rings. The highest BCUT2D eigenvalue weighted by Crippen LogP contribution is 2.26. The van der Waals surface area contributed by atoms with Crippen LogP contribution in [0.2, 0.25) is 0 Å². The van der Waals surface area contributed by atoms with E-state index in [1.54, 1.807) is 12.1 Å². The first-order valence-electron chi connectivity index (χ1n) is 14.0. The van der Waals surface area contributed by atoms with Crippen LogP contribution in [0.15, 0.2) is 24.3 Å². The maximum atomic E-state index is 13.3. The third-order valence-electron chi connectivity index (χ3n) is 8.18. The molecule has 7 nitrogen and oxygen atoms in total. The minimum absolute atomic E-state index is 0.0447. The fourth-order valence-corrected chi connectivity index (χ4v) is 6.02. The summed E-state index contributed by atoms with van der Waals surface area (Å²) in [5.74, 6) is 0.893. The molecule has 0 unspecified atom stereocenters. The normalized spacial score (nSPS) is 26.7. The molecular formula is C28H46FN5O2. The Hall–Kier alpha value is -1.74. The van der Waals surface area contributed by atoms with Crippen molar-refractivity contribution in [2.45, 2.75) is 51.6 Å². The van der Waals surface area contributed by atoms with Gasteiger partial charge in [-0.1, -0.05) is 12.1 Å². The molecule has 0 aromatic heterocycles. The van der Waals surface area contributed by atoms with Gasteiger partial charge in [0.25, 0.3) is 0 Å². The van der Waals surface area contributed by atoms with Crippen LogP contribution < -0.4 is 10.6 Å². The van der Waals surface area contributed by atoms with E-state index in [1.165, 1.54) is 18.4 Å². The molecule has 3 saturated heterocycles. The van der Waals surface area contributed by atoms with Gasteiger partial charge in [-0.3, -0.25) is 9.80 Å². The molecule has 3 aliphatic heterocycles. The zero-order chi connectivity index (χ0) is 25.3. The molecule has 0 bridgehead atoms. The summed E-state index contributed by atoms with van der Waals surface area (Å²) in [6, 6.07) is 7.58. The van der Waals surface area contributed by atoms with Crippen LogP contribution in [0.4, 0.5) is 9.18 Å². The van der Waals surface area contributed by atoms with Gasteiger partial charge in [0.05, 0.1) is 13.2 Å². The van der Waals surface area contributed by atoms with Gasteiger partial charge in [-0.15, -0.1) is 0 Å². The van der Waals surface area contributed by atoms with Gasteiger partial charge in [-0.05, 0) is 82.2 Å². The van der Waals surface area contributed by atoms with Crippen LogP contribution in [0.25, 0.3) is 0 Å². The summed E-state index contributed by atoms with van der Waals surface area (Å²) in [6.45, 7) is 14.7. The number of benzene rings is 1. The molecule has 2 N–H and O–H groups in total. The van der Waals surface area contributed by atoms with Gasteiger partial charge in [-0.2, -0.15) is 0 Å². The Balaban J connectivity index is 1.27. The number of likely N-dealkylation sites (tertiary alicyclic amines) is 2. The molecule has 36 heavy (non-hydrogen) atoms. The predicted octanol–water partition coefficient (Wildman–Crippen LogP) is 2.81. The quantitative estimate of drug-likeness (QED) is 0.543. The SMILES string of the molecule is CC(C)N1CC[C@@H](CN2CCC[C@@H](Cc3ccc(F)cc3)C2)[C@@H](NC(=O)NCCN2CCOCC2)C1. The van der Waals surface area contributed by atoms with Crippen LogP contribution in [0, 0.1) is 17.7 Å². The van der Waals surface area contributed by atoms with E-state index in [0.29, 0.717) is 24.4 Å². The van der Waals surface area contributed by atoms with Crippen molar-refractivity contribution in [2.24, 2.45) is 11.8 Å². The second-order valence-electron chi connectivity index (χ2n) is 11.2. The maximum absolute atomic E-state index is 13.3. The molecule has 8 heteroatoms. The Morgan fingerprint density at radius 3 is 2.58 bits per heavy atom. The lowest BCUT2D eigenvalue weighted by Gasteiger charge is -2.43. The number of hydrogen-bond donors (Lipinski definition) is 2. The molecule has 1 aromatic carbocycles. The second-order valence-corrected chi connectivity index (χ2v) is 11.2. The summed E-state index contributed by atoms with van der Waals surface area (Å²) in [6.07, 6.45) is 4.55. The first-order valence-corrected chi connectivity index (χ1v) is 14.0. The topological polar surface area (TPSA) is 60.1 Å². The number of halogens is 1. The van der Waals surface area contributed by atoms with E-state index in [1.807, 2.05) is 12.1 Å². The Labute approximate surface area is 216 Å². The fourth-order valence-electron chi connectivity index (χ4n) is 6.02. The van der Waals surface area contributed by atoms with Gasteiger partial charge in [0, 0.05) is 57.9 Å². The van der Waals surface area contributed by atoms with E-state index in [9.17, 15) is 9.18 Å². The van der Waals surface area contributed by atoms with E-state index in [2.05, 4.69) is 39.2 Å². The van der Waals surface area contributed by atoms with Crippen molar-refractivity contribution in [3.05, 3.63) is 35.6 Å². The number of rotatable bonds is 9. The highest BCUT2D eigenvalue weighted by Gasteiger charge is 2.33. The molecule has 0 spiro atoms. The van der Waals surface area contributed by atoms with Crippen molar-refractivity contribution >= 4 is 6.03 Å². The highest BCUT2D eigenvalue weighted by molar-refractivity contribution is 5.74. The van der Waals surface area contributed by atoms with Gasteiger partial charge in [-0.25, -0.2) is 9.18 Å². The molecule has 4 rings (SSSR count). The number of hydrogen-bond acceptors (Lipinski definition) is 5. The minimum atomic E-state index is -0.166. The number of nitrogens with one attached hydrogen (secondary N) is 2. The number of piperidine rings is 2. The Morgan fingerprint density at radius 2 is 1.83 bits per heavy atom. The van der Waals surface area contributed by atoms with Crippen molar-refractivity contribution in [3.63, 3.8) is 0 Å². The van der Waals surface area contributed by atoms with Crippen molar-refractivity contribution in [1.29, 1.82) is 0 Å². The average Bonchev–Trinajstić information content (AvgIpc) is 2.87. The van der Waals surface area contributed by atoms with Crippen LogP contribution in [0.5, 0.6) is 0 Å². The molecule has 3 atom stereocenters. The summed E-state index contributed by atoms with van der Waals surface area (Å²) in [7, 11) is 0. The lowest BCUT2D eigenvalue weighted by molar-refractivity contribution is 0.0386. The van der Waals surface area contributed by atoms with Gasteiger partial charge >= 0.3 is 6.03 Å². The molecule has 0 saturated carbocycles. The van der Waals surface area contributed by atoms with Gasteiger partial charge in [0.15, 0.2) is 0 Å². The molecule has 1 aromatic rings. The van der Waals surface area contributed by atoms with Crippen molar-refractivity contribution in [1.82, 2.24) is 25.3 Å². The average molecular weight is 504 g/mol. The number of carbonyl (C=O) groups excluding carboxylic acids is 1. The highest BCUT2D eigenvalue weighted by atomic mass is 19.1. The van der Waals surface area contributed by atoms with Gasteiger partial charge in [0.2, 0.25) is 0 Å². The maximum Gasteiger partial charge on any atom is 0.315 e. The molecule has 0 radical (unpaired) electrons. The lowest BCUT2D eigenvalue weighted by atomic mass is 9.87. The van der Waals surface area contributed by atoms with E-state index in [4.69, 9.17) is 4.74 Å². The summed E-state index contributed by atoms with van der Waals surface area (Å²) in [4.78, 5) is 20.3.